The van der Waals surface area contributed by atoms with Crippen molar-refractivity contribution >= 4 is 46.7 Å². The Bertz CT molecular complexity index is 1140. The van der Waals surface area contributed by atoms with Gasteiger partial charge < -0.3 is 10.6 Å². The van der Waals surface area contributed by atoms with Gasteiger partial charge in [0.05, 0.1) is 23.9 Å². The number of hydrogen-bond donors (Lipinski definition) is 1. The smallest absolute Gasteiger partial charge is 0.332 e. The van der Waals surface area contributed by atoms with Crippen molar-refractivity contribution in [2.24, 2.45) is 5.73 Å². The summed E-state index contributed by atoms with van der Waals surface area (Å²) in [5.74, 6) is -1.42. The number of hydrogen-bond acceptors (Lipinski definition) is 5. The summed E-state index contributed by atoms with van der Waals surface area (Å²) in [4.78, 5) is 43.1. The highest BCUT2D eigenvalue weighted by atomic mass is 35.5. The lowest BCUT2D eigenvalue weighted by atomic mass is 9.80. The summed E-state index contributed by atoms with van der Waals surface area (Å²) in [7, 11) is 1.57. The zero-order valence-corrected chi connectivity index (χ0v) is 18.6. The lowest BCUT2D eigenvalue weighted by molar-refractivity contribution is -0.125. The lowest BCUT2D eigenvalue weighted by Gasteiger charge is -2.34. The molecule has 2 aliphatic heterocycles. The normalized spacial score (nSPS) is 23.2. The number of anilines is 1. The van der Waals surface area contributed by atoms with E-state index in [-0.39, 0.29) is 18.8 Å². The Hall–Kier alpha value is -3.12. The molecule has 2 saturated heterocycles. The van der Waals surface area contributed by atoms with Crippen LogP contribution < -0.4 is 10.6 Å². The zero-order chi connectivity index (χ0) is 23.2. The largest absolute Gasteiger partial charge is 0.369 e. The van der Waals surface area contributed by atoms with E-state index in [1.54, 1.807) is 36.2 Å². The summed E-state index contributed by atoms with van der Waals surface area (Å²) >= 11 is 12.2. The van der Waals surface area contributed by atoms with Gasteiger partial charge in [0.2, 0.25) is 5.91 Å². The summed E-state index contributed by atoms with van der Waals surface area (Å²) < 4.78 is 0. The molecule has 2 aliphatic rings. The van der Waals surface area contributed by atoms with Gasteiger partial charge in [0, 0.05) is 36.1 Å². The minimum atomic E-state index is -1.27. The maximum absolute atomic E-state index is 13.9. The fourth-order valence-electron chi connectivity index (χ4n) is 4.63. The van der Waals surface area contributed by atoms with E-state index < -0.39 is 29.3 Å². The van der Waals surface area contributed by atoms with Gasteiger partial charge in [-0.05, 0) is 35.9 Å². The molecule has 2 aromatic rings. The van der Waals surface area contributed by atoms with Gasteiger partial charge in [0.15, 0.2) is 0 Å². The highest BCUT2D eigenvalue weighted by Crippen LogP contribution is 2.46. The van der Waals surface area contributed by atoms with E-state index in [4.69, 9.17) is 34.2 Å². The third-order valence-corrected chi connectivity index (χ3v) is 6.50. The molecule has 10 heteroatoms. The maximum Gasteiger partial charge on any atom is 0.332 e. The van der Waals surface area contributed by atoms with Gasteiger partial charge in [-0.2, -0.15) is 5.26 Å². The Morgan fingerprint density at radius 3 is 2.38 bits per heavy atom. The molecule has 0 unspecified atom stereocenters. The molecule has 0 aromatic heterocycles. The number of likely N-dealkylation sites (N-methyl/N-ethyl adjacent to an activating group) is 1. The molecule has 4 amide bonds. The molecule has 0 bridgehead atoms. The van der Waals surface area contributed by atoms with E-state index in [9.17, 15) is 14.4 Å². The third-order valence-electron chi connectivity index (χ3n) is 6.06. The summed E-state index contributed by atoms with van der Waals surface area (Å²) in [5, 5.41) is 9.71. The predicted molar refractivity (Wildman–Crippen MR) is 119 cm³/mol. The highest BCUT2D eigenvalue weighted by Gasteiger charge is 2.64. The fraction of sp³-hybridized carbons (Fsp3) is 0.273. The number of imide groups is 1. The number of carbonyl (C=O) groups is 3. The second-order valence-electron chi connectivity index (χ2n) is 7.96. The van der Waals surface area contributed by atoms with Gasteiger partial charge in [0.25, 0.3) is 5.91 Å². The van der Waals surface area contributed by atoms with Crippen LogP contribution in [0.5, 0.6) is 0 Å². The van der Waals surface area contributed by atoms with Crippen LogP contribution in [0.15, 0.2) is 42.5 Å². The molecule has 0 saturated carbocycles. The minimum Gasteiger partial charge on any atom is -0.369 e. The van der Waals surface area contributed by atoms with Crippen LogP contribution in [0.4, 0.5) is 10.5 Å². The van der Waals surface area contributed by atoms with Gasteiger partial charge in [-0.3, -0.25) is 14.5 Å². The standard InChI is InChI=1S/C22H19Cl2N5O3/c1-27-21(32)29(17-7-15(23)6-16(24)8-17)20(31)22(27)12-28(11-19(26)30)10-18(22)14-4-2-13(9-25)3-5-14/h2-8,18H,10-12H2,1H3,(H2,26,30)/t18-,22-/m1/s1. The second-order valence-corrected chi connectivity index (χ2v) is 8.83. The molecule has 2 fully saturated rings. The molecule has 32 heavy (non-hydrogen) atoms. The number of amides is 4. The predicted octanol–water partition coefficient (Wildman–Crippen LogP) is 2.59. The average Bonchev–Trinajstić information content (AvgIpc) is 3.19. The molecule has 2 N–H and O–H groups in total. The van der Waals surface area contributed by atoms with Crippen molar-refractivity contribution in [3.8, 4) is 6.07 Å². The number of rotatable bonds is 4. The third kappa shape index (κ3) is 3.48. The van der Waals surface area contributed by atoms with Gasteiger partial charge >= 0.3 is 6.03 Å². The quantitative estimate of drug-likeness (QED) is 0.688. The molecule has 1 spiro atoms. The molecular weight excluding hydrogens is 453 g/mol. The van der Waals surface area contributed by atoms with E-state index in [1.165, 1.54) is 23.1 Å². The van der Waals surface area contributed by atoms with Crippen molar-refractivity contribution in [2.45, 2.75) is 11.5 Å². The van der Waals surface area contributed by atoms with Crippen LogP contribution in [0.2, 0.25) is 10.0 Å². The van der Waals surface area contributed by atoms with Gasteiger partial charge in [-0.1, -0.05) is 35.3 Å². The molecule has 2 atom stereocenters. The lowest BCUT2D eigenvalue weighted by Crippen LogP contribution is -2.54. The molecule has 2 heterocycles. The number of nitrogens with two attached hydrogens (primary N) is 1. The second kappa shape index (κ2) is 8.10. The van der Waals surface area contributed by atoms with E-state index in [2.05, 4.69) is 6.07 Å². The van der Waals surface area contributed by atoms with Crippen molar-refractivity contribution in [1.29, 1.82) is 5.26 Å². The zero-order valence-electron chi connectivity index (χ0n) is 17.1. The van der Waals surface area contributed by atoms with Crippen molar-refractivity contribution in [3.63, 3.8) is 0 Å². The van der Waals surface area contributed by atoms with Crippen LogP contribution in [0.1, 0.15) is 17.0 Å². The van der Waals surface area contributed by atoms with Crippen LogP contribution in [-0.2, 0) is 9.59 Å². The van der Waals surface area contributed by atoms with Crippen LogP contribution >= 0.6 is 23.2 Å². The van der Waals surface area contributed by atoms with Crippen LogP contribution in [-0.4, -0.2) is 59.9 Å². The first-order valence-electron chi connectivity index (χ1n) is 9.76. The number of carbonyl (C=O) groups excluding carboxylic acids is 3. The molecular formula is C22H19Cl2N5O3. The van der Waals surface area contributed by atoms with Gasteiger partial charge in [0.1, 0.15) is 5.54 Å². The molecule has 8 nitrogen and oxygen atoms in total. The first-order valence-corrected chi connectivity index (χ1v) is 10.5. The number of primary amides is 1. The van der Waals surface area contributed by atoms with E-state index >= 15 is 0 Å². The van der Waals surface area contributed by atoms with Crippen LogP contribution in [0.25, 0.3) is 0 Å². The number of nitriles is 1. The monoisotopic (exact) mass is 471 g/mol. The summed E-state index contributed by atoms with van der Waals surface area (Å²) in [6.45, 7) is 0.418. The van der Waals surface area contributed by atoms with Crippen molar-refractivity contribution in [2.75, 3.05) is 31.6 Å². The summed E-state index contributed by atoms with van der Waals surface area (Å²) in [6, 6.07) is 12.9. The Labute approximate surface area is 194 Å². The van der Waals surface area contributed by atoms with E-state index in [0.29, 0.717) is 22.2 Å². The SMILES string of the molecule is CN1C(=O)N(c2cc(Cl)cc(Cl)c2)C(=O)[C@]12CN(CC(N)=O)C[C@@H]2c1ccc(C#N)cc1. The molecule has 2 aromatic carbocycles. The highest BCUT2D eigenvalue weighted by molar-refractivity contribution is 6.35. The summed E-state index contributed by atoms with van der Waals surface area (Å²) in [6.07, 6.45) is 0. The number of nitrogens with zero attached hydrogens (tertiary/aromatic N) is 4. The molecule has 0 radical (unpaired) electrons. The Morgan fingerprint density at radius 1 is 1.19 bits per heavy atom. The number of likely N-dealkylation sites (tertiary alicyclic amines) is 1. The Kier molecular flexibility index (Phi) is 5.59. The maximum atomic E-state index is 13.9. The van der Waals surface area contributed by atoms with E-state index in [0.717, 1.165) is 10.5 Å². The van der Waals surface area contributed by atoms with Crippen molar-refractivity contribution in [1.82, 2.24) is 9.80 Å². The van der Waals surface area contributed by atoms with Gasteiger partial charge in [-0.25, -0.2) is 9.69 Å². The molecule has 164 valence electrons. The van der Waals surface area contributed by atoms with Crippen molar-refractivity contribution in [3.05, 3.63) is 63.6 Å². The Morgan fingerprint density at radius 2 is 1.81 bits per heavy atom. The van der Waals surface area contributed by atoms with Crippen LogP contribution in [0.3, 0.4) is 0 Å². The number of urea groups is 1. The fourth-order valence-corrected chi connectivity index (χ4v) is 5.15. The molecule has 4 rings (SSSR count). The van der Waals surface area contributed by atoms with Crippen molar-refractivity contribution < 1.29 is 14.4 Å². The minimum absolute atomic E-state index is 0.0488. The van der Waals surface area contributed by atoms with Crippen LogP contribution in [0, 0.1) is 11.3 Å². The van der Waals surface area contributed by atoms with Gasteiger partial charge in [-0.15, -0.1) is 0 Å². The number of halogens is 2. The van der Waals surface area contributed by atoms with E-state index in [1.807, 2.05) is 0 Å². The first-order chi connectivity index (χ1) is 15.2. The first kappa shape index (κ1) is 22.1. The average molecular weight is 472 g/mol. The Balaban J connectivity index is 1.82. The molecule has 0 aliphatic carbocycles. The number of benzene rings is 2. The topological polar surface area (TPSA) is 111 Å². The summed E-state index contributed by atoms with van der Waals surface area (Å²) in [5.41, 5.74) is 5.66.